The van der Waals surface area contributed by atoms with Crippen molar-refractivity contribution in [1.82, 2.24) is 0 Å². The summed E-state index contributed by atoms with van der Waals surface area (Å²) in [5.41, 5.74) is 0.953. The van der Waals surface area contributed by atoms with Gasteiger partial charge in [-0.1, -0.05) is 112 Å². The Morgan fingerprint density at radius 2 is 0.688 bits per heavy atom. The number of Topliss-reactive ketones (excluding diaryl/α,β-unsaturated/α-hetero) is 4. The fraction of sp³-hybridized carbons (Fsp3) is 0.429. The molecular formula is C28H34O4. The highest BCUT2D eigenvalue weighted by Crippen LogP contribution is 2.13. The monoisotopic (exact) mass is 434 g/mol. The summed E-state index contributed by atoms with van der Waals surface area (Å²) in [5.74, 6) is -1.34. The second-order valence-corrected chi connectivity index (χ2v) is 8.27. The van der Waals surface area contributed by atoms with Crippen molar-refractivity contribution in [2.24, 2.45) is 0 Å². The normalized spacial score (nSPS) is 10.6. The summed E-state index contributed by atoms with van der Waals surface area (Å²) in [6.45, 7) is 0. The second-order valence-electron chi connectivity index (χ2n) is 8.27. The molecule has 0 heterocycles. The van der Waals surface area contributed by atoms with Crippen molar-refractivity contribution in [3.05, 3.63) is 71.8 Å². The van der Waals surface area contributed by atoms with E-state index >= 15 is 0 Å². The zero-order valence-corrected chi connectivity index (χ0v) is 18.9. The van der Waals surface area contributed by atoms with Crippen LogP contribution in [0, 0.1) is 0 Å². The zero-order chi connectivity index (χ0) is 23.0. The van der Waals surface area contributed by atoms with Crippen molar-refractivity contribution in [2.45, 2.75) is 77.0 Å². The minimum absolute atomic E-state index is 0.292. The molecule has 2 aromatic carbocycles. The zero-order valence-electron chi connectivity index (χ0n) is 18.9. The minimum atomic E-state index is -0.378. The Balaban J connectivity index is 1.40. The number of carbonyl (C=O) groups is 4. The highest BCUT2D eigenvalue weighted by Gasteiger charge is 2.15. The molecule has 0 aliphatic heterocycles. The van der Waals surface area contributed by atoms with Crippen LogP contribution in [0.3, 0.4) is 0 Å². The van der Waals surface area contributed by atoms with Gasteiger partial charge in [0.15, 0.2) is 0 Å². The van der Waals surface area contributed by atoms with E-state index in [1.807, 2.05) is 12.1 Å². The summed E-state index contributed by atoms with van der Waals surface area (Å²) >= 11 is 0. The van der Waals surface area contributed by atoms with Crippen molar-refractivity contribution in [2.75, 3.05) is 0 Å². The molecule has 0 amide bonds. The predicted octanol–water partition coefficient (Wildman–Crippen LogP) is 6.57. The van der Waals surface area contributed by atoms with Gasteiger partial charge in [0.05, 0.1) is 0 Å². The van der Waals surface area contributed by atoms with Crippen LogP contribution in [0.1, 0.15) is 97.8 Å². The first kappa shape index (κ1) is 25.4. The van der Waals surface area contributed by atoms with E-state index in [4.69, 9.17) is 0 Å². The molecule has 0 atom stereocenters. The van der Waals surface area contributed by atoms with Gasteiger partial charge in [-0.3, -0.25) is 19.2 Å². The van der Waals surface area contributed by atoms with Crippen molar-refractivity contribution in [3.8, 4) is 0 Å². The molecule has 0 aliphatic carbocycles. The lowest BCUT2D eigenvalue weighted by Crippen LogP contribution is -2.13. The molecule has 0 spiro atoms. The molecule has 0 aromatic heterocycles. The van der Waals surface area contributed by atoms with E-state index in [0.717, 1.165) is 51.4 Å². The molecular weight excluding hydrogens is 400 g/mol. The molecule has 0 unspecified atom stereocenters. The van der Waals surface area contributed by atoms with Gasteiger partial charge in [0.25, 0.3) is 0 Å². The lowest BCUT2D eigenvalue weighted by atomic mass is 10.0. The van der Waals surface area contributed by atoms with Crippen LogP contribution in [-0.4, -0.2) is 23.1 Å². The fourth-order valence-corrected chi connectivity index (χ4v) is 3.71. The van der Waals surface area contributed by atoms with Crippen LogP contribution in [0.2, 0.25) is 0 Å². The number of rotatable bonds is 17. The van der Waals surface area contributed by atoms with Crippen molar-refractivity contribution in [3.63, 3.8) is 0 Å². The molecule has 0 aliphatic rings. The summed E-state index contributed by atoms with van der Waals surface area (Å²) in [5, 5.41) is 0. The van der Waals surface area contributed by atoms with Gasteiger partial charge in [0, 0.05) is 24.0 Å². The Hall–Kier alpha value is -2.88. The lowest BCUT2D eigenvalue weighted by Gasteiger charge is -2.03. The first-order valence-electron chi connectivity index (χ1n) is 11.8. The maximum Gasteiger partial charge on any atom is 0.228 e. The van der Waals surface area contributed by atoms with Crippen LogP contribution in [0.15, 0.2) is 60.7 Å². The average Bonchev–Trinajstić information content (AvgIpc) is 2.84. The van der Waals surface area contributed by atoms with Crippen molar-refractivity contribution in [1.29, 1.82) is 0 Å². The van der Waals surface area contributed by atoms with Gasteiger partial charge in [-0.2, -0.15) is 0 Å². The molecule has 32 heavy (non-hydrogen) atoms. The molecule has 0 saturated carbocycles. The van der Waals surface area contributed by atoms with E-state index in [1.165, 1.54) is 12.8 Å². The van der Waals surface area contributed by atoms with Crippen molar-refractivity contribution < 1.29 is 19.2 Å². The molecule has 0 saturated heterocycles. The molecule has 2 aromatic rings. The SMILES string of the molecule is O=C(CCCCCCCCCCCCC(=O)C(=O)c1ccccc1)C(=O)c1ccccc1. The Morgan fingerprint density at radius 1 is 0.406 bits per heavy atom. The highest BCUT2D eigenvalue weighted by molar-refractivity contribution is 6.44. The van der Waals surface area contributed by atoms with Gasteiger partial charge in [-0.15, -0.1) is 0 Å². The number of hydrogen-bond donors (Lipinski definition) is 0. The second kappa shape index (κ2) is 15.0. The van der Waals surface area contributed by atoms with Crippen LogP contribution < -0.4 is 0 Å². The largest absolute Gasteiger partial charge is 0.290 e. The summed E-state index contributed by atoms with van der Waals surface area (Å²) in [6.07, 6.45) is 11.0. The van der Waals surface area contributed by atoms with Crippen molar-refractivity contribution >= 4 is 23.1 Å². The topological polar surface area (TPSA) is 68.3 Å². The fourth-order valence-electron chi connectivity index (χ4n) is 3.71. The first-order chi connectivity index (χ1) is 15.6. The van der Waals surface area contributed by atoms with Crippen LogP contribution in [-0.2, 0) is 9.59 Å². The standard InChI is InChI=1S/C28H34O4/c29-25(27(31)23-17-11-9-12-18-23)21-15-7-5-3-1-2-4-6-8-16-22-26(30)28(32)24-19-13-10-14-20-24/h9-14,17-20H,1-8,15-16,21-22H2. The minimum Gasteiger partial charge on any atom is -0.290 e. The summed E-state index contributed by atoms with van der Waals surface area (Å²) < 4.78 is 0. The van der Waals surface area contributed by atoms with Gasteiger partial charge < -0.3 is 0 Å². The third-order valence-electron chi connectivity index (χ3n) is 5.64. The van der Waals surface area contributed by atoms with E-state index in [9.17, 15) is 19.2 Å². The predicted molar refractivity (Wildman–Crippen MR) is 127 cm³/mol. The Bertz CT molecular complexity index is 782. The first-order valence-corrected chi connectivity index (χ1v) is 11.8. The molecule has 0 fully saturated rings. The molecule has 170 valence electrons. The Kier molecular flexibility index (Phi) is 11.9. The maximum atomic E-state index is 12.0. The molecule has 0 bridgehead atoms. The summed E-state index contributed by atoms with van der Waals surface area (Å²) in [6, 6.07) is 17.5. The van der Waals surface area contributed by atoms with Crippen LogP contribution in [0.4, 0.5) is 0 Å². The van der Waals surface area contributed by atoms with E-state index in [1.54, 1.807) is 48.5 Å². The van der Waals surface area contributed by atoms with E-state index < -0.39 is 0 Å². The van der Waals surface area contributed by atoms with E-state index in [-0.39, 0.29) is 23.1 Å². The number of ketones is 4. The Morgan fingerprint density at radius 3 is 1.00 bits per heavy atom. The third-order valence-corrected chi connectivity index (χ3v) is 5.64. The van der Waals surface area contributed by atoms with Gasteiger partial charge in [0.2, 0.25) is 23.1 Å². The Labute approximate surface area is 191 Å². The van der Waals surface area contributed by atoms with Crippen LogP contribution in [0.5, 0.6) is 0 Å². The highest BCUT2D eigenvalue weighted by atomic mass is 16.2. The average molecular weight is 435 g/mol. The van der Waals surface area contributed by atoms with E-state index in [0.29, 0.717) is 24.0 Å². The van der Waals surface area contributed by atoms with Gasteiger partial charge >= 0.3 is 0 Å². The molecule has 0 radical (unpaired) electrons. The number of carbonyl (C=O) groups excluding carboxylic acids is 4. The van der Waals surface area contributed by atoms with Gasteiger partial charge in [-0.05, 0) is 12.8 Å². The van der Waals surface area contributed by atoms with Crippen LogP contribution in [0.25, 0.3) is 0 Å². The third kappa shape index (κ3) is 9.51. The van der Waals surface area contributed by atoms with E-state index in [2.05, 4.69) is 0 Å². The molecule has 0 N–H and O–H groups in total. The quantitative estimate of drug-likeness (QED) is 0.160. The van der Waals surface area contributed by atoms with Gasteiger partial charge in [0.1, 0.15) is 0 Å². The lowest BCUT2D eigenvalue weighted by molar-refractivity contribution is -0.115. The number of unbranched alkanes of at least 4 members (excludes halogenated alkanes) is 9. The smallest absolute Gasteiger partial charge is 0.228 e. The molecule has 4 nitrogen and oxygen atoms in total. The maximum absolute atomic E-state index is 12.0. The number of benzene rings is 2. The van der Waals surface area contributed by atoms with Crippen LogP contribution >= 0.6 is 0 Å². The molecule has 2 rings (SSSR count). The van der Waals surface area contributed by atoms with Gasteiger partial charge in [-0.25, -0.2) is 0 Å². The number of hydrogen-bond acceptors (Lipinski definition) is 4. The summed E-state index contributed by atoms with van der Waals surface area (Å²) in [7, 11) is 0. The summed E-state index contributed by atoms with van der Waals surface area (Å²) in [4.78, 5) is 47.9. The molecule has 4 heteroatoms.